The Bertz CT molecular complexity index is 1510. The van der Waals surface area contributed by atoms with Crippen LogP contribution in [-0.2, 0) is 6.42 Å². The number of hydrogen-bond acceptors (Lipinski definition) is 6. The molecule has 7 rings (SSSR count). The Balaban J connectivity index is 1.10. The Labute approximate surface area is 201 Å². The third-order valence-electron chi connectivity index (χ3n) is 7.59. The highest BCUT2D eigenvalue weighted by Crippen LogP contribution is 2.50. The van der Waals surface area contributed by atoms with Gasteiger partial charge in [-0.3, -0.25) is 0 Å². The first-order chi connectivity index (χ1) is 16.7. The number of anilines is 1. The Morgan fingerprint density at radius 1 is 1.03 bits per heavy atom. The van der Waals surface area contributed by atoms with E-state index < -0.39 is 0 Å². The fraction of sp³-hybridized carbons (Fsp3) is 0.269. The predicted molar refractivity (Wildman–Crippen MR) is 135 cm³/mol. The molecule has 0 radical (unpaired) electrons. The van der Waals surface area contributed by atoms with Gasteiger partial charge in [-0.15, -0.1) is 0 Å². The molecule has 2 aliphatic rings. The summed E-state index contributed by atoms with van der Waals surface area (Å²) in [5, 5.41) is 2.04. The van der Waals surface area contributed by atoms with E-state index in [-0.39, 0.29) is 11.5 Å². The van der Waals surface area contributed by atoms with Crippen molar-refractivity contribution in [3.8, 4) is 0 Å². The van der Waals surface area contributed by atoms with E-state index in [1.165, 1.54) is 16.5 Å². The van der Waals surface area contributed by atoms with Crippen LogP contribution >= 0.6 is 11.8 Å². The van der Waals surface area contributed by atoms with Crippen LogP contribution in [0.4, 0.5) is 5.95 Å². The summed E-state index contributed by atoms with van der Waals surface area (Å²) in [6, 6.07) is 17.1. The third-order valence-corrected chi connectivity index (χ3v) is 8.58. The van der Waals surface area contributed by atoms with Gasteiger partial charge in [-0.05, 0) is 54.0 Å². The van der Waals surface area contributed by atoms with Gasteiger partial charge in [-0.2, -0.15) is 4.98 Å². The van der Waals surface area contributed by atoms with E-state index in [1.54, 1.807) is 11.8 Å². The second-order valence-corrected chi connectivity index (χ2v) is 10.5. The van der Waals surface area contributed by atoms with Crippen LogP contribution in [0.25, 0.3) is 22.2 Å². The Morgan fingerprint density at radius 2 is 1.91 bits per heavy atom. The Morgan fingerprint density at radius 3 is 2.79 bits per heavy atom. The van der Waals surface area contributed by atoms with Crippen LogP contribution in [0.3, 0.4) is 0 Å². The standard InChI is InChI=1S/C26H25N7S/c27-22-17-5-2-1-4-16(17)14-26(22)9-12-33(13-10-26)25-31-23-24(32-25)30-21(15-29-23)34-20-7-3-6-19-18(20)8-11-28-19/h1-8,11,15,22,28H,9-10,12-14,27H2,(H,29,30,31,32)/t22-/m1/s1. The lowest BCUT2D eigenvalue weighted by Crippen LogP contribution is -2.44. The van der Waals surface area contributed by atoms with E-state index >= 15 is 0 Å². The number of piperidine rings is 1. The summed E-state index contributed by atoms with van der Waals surface area (Å²) in [6.45, 7) is 1.86. The molecule has 7 nitrogen and oxygen atoms in total. The number of nitrogens with two attached hydrogens (primary N) is 1. The van der Waals surface area contributed by atoms with Gasteiger partial charge in [0, 0.05) is 41.1 Å². The van der Waals surface area contributed by atoms with Crippen LogP contribution in [0.15, 0.2) is 70.8 Å². The molecule has 1 saturated heterocycles. The zero-order valence-electron chi connectivity index (χ0n) is 18.7. The first-order valence-corrected chi connectivity index (χ1v) is 12.6. The molecule has 3 aromatic heterocycles. The largest absolute Gasteiger partial charge is 0.361 e. The minimum Gasteiger partial charge on any atom is -0.361 e. The number of benzene rings is 2. The van der Waals surface area contributed by atoms with E-state index in [4.69, 9.17) is 15.7 Å². The van der Waals surface area contributed by atoms with Crippen molar-refractivity contribution in [3.05, 3.63) is 72.1 Å². The van der Waals surface area contributed by atoms with Crippen molar-refractivity contribution in [2.45, 2.75) is 35.2 Å². The van der Waals surface area contributed by atoms with Crippen molar-refractivity contribution < 1.29 is 0 Å². The van der Waals surface area contributed by atoms with Crippen LogP contribution in [-0.4, -0.2) is 38.0 Å². The van der Waals surface area contributed by atoms with Gasteiger partial charge in [0.2, 0.25) is 5.95 Å². The Kier molecular flexibility index (Phi) is 4.47. The number of nitrogens with zero attached hydrogens (tertiary/aromatic N) is 4. The minimum atomic E-state index is 0.119. The molecular formula is C26H25N7S. The summed E-state index contributed by atoms with van der Waals surface area (Å²) >= 11 is 1.62. The number of aromatic amines is 2. The van der Waals surface area contributed by atoms with Crippen LogP contribution in [0.1, 0.15) is 30.0 Å². The normalized spacial score (nSPS) is 19.3. The minimum absolute atomic E-state index is 0.119. The smallest absolute Gasteiger partial charge is 0.206 e. The van der Waals surface area contributed by atoms with E-state index in [9.17, 15) is 0 Å². The topological polar surface area (TPSA) is 99.5 Å². The molecule has 4 N–H and O–H groups in total. The van der Waals surface area contributed by atoms with E-state index in [0.29, 0.717) is 5.65 Å². The van der Waals surface area contributed by atoms with Gasteiger partial charge < -0.3 is 20.6 Å². The molecule has 0 bridgehead atoms. The van der Waals surface area contributed by atoms with Gasteiger partial charge in [0.25, 0.3) is 0 Å². The molecule has 34 heavy (non-hydrogen) atoms. The average molecular weight is 468 g/mol. The second kappa shape index (κ2) is 7.58. The molecule has 2 aromatic carbocycles. The summed E-state index contributed by atoms with van der Waals surface area (Å²) in [7, 11) is 0. The number of imidazole rings is 1. The van der Waals surface area contributed by atoms with Crippen molar-refractivity contribution in [2.24, 2.45) is 11.1 Å². The van der Waals surface area contributed by atoms with E-state index in [0.717, 1.165) is 59.4 Å². The SMILES string of the molecule is N[C@@H]1c2ccccc2CC12CCN(c1nc3ncc(Sc4cccc5[nH]ccc45)nc3[nH]1)CC2. The zero-order valence-corrected chi connectivity index (χ0v) is 19.5. The van der Waals surface area contributed by atoms with Crippen molar-refractivity contribution in [3.63, 3.8) is 0 Å². The highest BCUT2D eigenvalue weighted by molar-refractivity contribution is 7.99. The number of fused-ring (bicyclic) bond motifs is 3. The van der Waals surface area contributed by atoms with Crippen molar-refractivity contribution in [1.82, 2.24) is 24.9 Å². The van der Waals surface area contributed by atoms with E-state index in [1.807, 2.05) is 12.4 Å². The number of hydrogen-bond donors (Lipinski definition) is 3. The molecule has 1 aliphatic carbocycles. The quantitative estimate of drug-likeness (QED) is 0.352. The molecule has 5 aromatic rings. The molecule has 8 heteroatoms. The summed E-state index contributed by atoms with van der Waals surface area (Å²) in [4.78, 5) is 24.3. The van der Waals surface area contributed by atoms with Crippen LogP contribution < -0.4 is 10.6 Å². The monoisotopic (exact) mass is 467 g/mol. The average Bonchev–Trinajstić information content (AvgIpc) is 3.57. The maximum Gasteiger partial charge on any atom is 0.206 e. The first-order valence-electron chi connectivity index (χ1n) is 11.7. The van der Waals surface area contributed by atoms with Crippen molar-refractivity contribution in [2.75, 3.05) is 18.0 Å². The van der Waals surface area contributed by atoms with Crippen molar-refractivity contribution >= 4 is 39.9 Å². The fourth-order valence-corrected chi connectivity index (χ4v) is 6.60. The lowest BCUT2D eigenvalue weighted by molar-refractivity contribution is 0.187. The fourth-order valence-electron chi connectivity index (χ4n) is 5.69. The zero-order chi connectivity index (χ0) is 22.7. The molecule has 1 aliphatic heterocycles. The van der Waals surface area contributed by atoms with Gasteiger partial charge in [0.05, 0.1) is 6.20 Å². The van der Waals surface area contributed by atoms with Gasteiger partial charge in [0.1, 0.15) is 5.03 Å². The van der Waals surface area contributed by atoms with Crippen molar-refractivity contribution in [1.29, 1.82) is 0 Å². The molecule has 170 valence electrons. The molecule has 4 heterocycles. The molecule has 0 saturated carbocycles. The van der Waals surface area contributed by atoms with E-state index in [2.05, 4.69) is 68.4 Å². The van der Waals surface area contributed by atoms with Gasteiger partial charge in [-0.1, -0.05) is 42.1 Å². The van der Waals surface area contributed by atoms with Crippen LogP contribution in [0.5, 0.6) is 0 Å². The maximum atomic E-state index is 6.74. The first kappa shape index (κ1) is 20.1. The summed E-state index contributed by atoms with van der Waals surface area (Å²) in [6.07, 6.45) is 6.97. The number of aromatic nitrogens is 5. The molecular weight excluding hydrogens is 442 g/mol. The summed E-state index contributed by atoms with van der Waals surface area (Å²) in [5.74, 6) is 0.851. The van der Waals surface area contributed by atoms with Crippen LogP contribution in [0.2, 0.25) is 0 Å². The van der Waals surface area contributed by atoms with Gasteiger partial charge in [0.15, 0.2) is 11.3 Å². The Hall–Kier alpha value is -3.36. The number of H-pyrrole nitrogens is 2. The number of rotatable bonds is 3. The summed E-state index contributed by atoms with van der Waals surface area (Å²) < 4.78 is 0. The predicted octanol–water partition coefficient (Wildman–Crippen LogP) is 4.83. The number of nitrogens with one attached hydrogen (secondary N) is 2. The molecule has 1 atom stereocenters. The highest BCUT2D eigenvalue weighted by atomic mass is 32.2. The molecule has 0 unspecified atom stereocenters. The summed E-state index contributed by atoms with van der Waals surface area (Å²) in [5.41, 5.74) is 12.2. The highest BCUT2D eigenvalue weighted by Gasteiger charge is 2.46. The molecule has 1 fully saturated rings. The lowest BCUT2D eigenvalue weighted by atomic mass is 9.73. The van der Waals surface area contributed by atoms with Crippen LogP contribution in [0, 0.1) is 5.41 Å². The third kappa shape index (κ3) is 3.13. The molecule has 0 amide bonds. The molecule has 1 spiro atoms. The maximum absolute atomic E-state index is 6.74. The van der Waals surface area contributed by atoms with Gasteiger partial charge >= 0.3 is 0 Å². The lowest BCUT2D eigenvalue weighted by Gasteiger charge is -2.42. The second-order valence-electron chi connectivity index (χ2n) is 9.44. The van der Waals surface area contributed by atoms with Gasteiger partial charge in [-0.25, -0.2) is 9.97 Å².